The van der Waals surface area contributed by atoms with Crippen LogP contribution in [0.5, 0.6) is 5.75 Å². The highest BCUT2D eigenvalue weighted by molar-refractivity contribution is 5.85. The van der Waals surface area contributed by atoms with Gasteiger partial charge in [-0.3, -0.25) is 14.5 Å². The van der Waals surface area contributed by atoms with Gasteiger partial charge >= 0.3 is 0 Å². The van der Waals surface area contributed by atoms with Crippen LogP contribution < -0.4 is 10.5 Å². The number of amides is 2. The summed E-state index contributed by atoms with van der Waals surface area (Å²) in [6.07, 6.45) is 0. The second-order valence-electron chi connectivity index (χ2n) is 6.30. The van der Waals surface area contributed by atoms with E-state index in [2.05, 4.69) is 6.07 Å². The molecule has 0 saturated carbocycles. The Kier molecular flexibility index (Phi) is 5.98. The fraction of sp³-hybridized carbons (Fsp3) is 0.368. The molecule has 0 spiro atoms. The summed E-state index contributed by atoms with van der Waals surface area (Å²) in [7, 11) is 5.12. The molecule has 1 atom stereocenters. The third kappa shape index (κ3) is 4.70. The molecule has 2 aromatic carbocycles. The van der Waals surface area contributed by atoms with Gasteiger partial charge in [0.05, 0.1) is 19.7 Å². The zero-order chi connectivity index (χ0) is 18.6. The van der Waals surface area contributed by atoms with Crippen LogP contribution in [0, 0.1) is 0 Å². The number of fused-ring (bicyclic) bond motifs is 1. The number of carbonyl (C=O) groups excluding carboxylic acids is 2. The van der Waals surface area contributed by atoms with E-state index in [1.807, 2.05) is 30.3 Å². The molecule has 2 N–H and O–H groups in total. The lowest BCUT2D eigenvalue weighted by atomic mass is 10.1. The van der Waals surface area contributed by atoms with Gasteiger partial charge < -0.3 is 15.4 Å². The SMILES string of the molecule is COc1ccc2cc(CN(C)C(=O)[C@@H](C)N(C)CC(N)=O)ccc2c1. The number of carbonyl (C=O) groups is 2. The first-order chi connectivity index (χ1) is 11.8. The summed E-state index contributed by atoms with van der Waals surface area (Å²) < 4.78 is 5.23. The molecule has 0 aliphatic heterocycles. The van der Waals surface area contributed by atoms with Crippen LogP contribution in [-0.4, -0.2) is 55.4 Å². The lowest BCUT2D eigenvalue weighted by Gasteiger charge is -2.27. The molecule has 0 aliphatic carbocycles. The molecule has 2 rings (SSSR count). The molecule has 0 fully saturated rings. The Hall–Kier alpha value is -2.60. The molecule has 0 aromatic heterocycles. The van der Waals surface area contributed by atoms with Gasteiger partial charge in [-0.05, 0) is 48.5 Å². The first-order valence-corrected chi connectivity index (χ1v) is 8.12. The van der Waals surface area contributed by atoms with Crippen molar-refractivity contribution in [2.24, 2.45) is 5.73 Å². The van der Waals surface area contributed by atoms with Crippen LogP contribution in [-0.2, 0) is 16.1 Å². The van der Waals surface area contributed by atoms with E-state index in [1.165, 1.54) is 0 Å². The minimum absolute atomic E-state index is 0.0541. The average molecular weight is 343 g/mol. The Morgan fingerprint density at radius 1 is 1.12 bits per heavy atom. The number of hydrogen-bond acceptors (Lipinski definition) is 4. The van der Waals surface area contributed by atoms with Crippen molar-refractivity contribution in [3.05, 3.63) is 42.0 Å². The van der Waals surface area contributed by atoms with Crippen molar-refractivity contribution in [3.63, 3.8) is 0 Å². The second-order valence-corrected chi connectivity index (χ2v) is 6.30. The van der Waals surface area contributed by atoms with Crippen molar-refractivity contribution < 1.29 is 14.3 Å². The lowest BCUT2D eigenvalue weighted by Crippen LogP contribution is -2.46. The summed E-state index contributed by atoms with van der Waals surface area (Å²) in [6.45, 7) is 2.32. The maximum atomic E-state index is 12.5. The maximum Gasteiger partial charge on any atom is 0.239 e. The van der Waals surface area contributed by atoms with E-state index in [-0.39, 0.29) is 12.5 Å². The molecule has 134 valence electrons. The fourth-order valence-electron chi connectivity index (χ4n) is 2.74. The highest BCUT2D eigenvalue weighted by atomic mass is 16.5. The van der Waals surface area contributed by atoms with Gasteiger partial charge in [-0.15, -0.1) is 0 Å². The summed E-state index contributed by atoms with van der Waals surface area (Å²) in [4.78, 5) is 26.9. The smallest absolute Gasteiger partial charge is 0.239 e. The van der Waals surface area contributed by atoms with Crippen LogP contribution >= 0.6 is 0 Å². The Morgan fingerprint density at radius 3 is 2.40 bits per heavy atom. The van der Waals surface area contributed by atoms with Gasteiger partial charge in [0.1, 0.15) is 5.75 Å². The van der Waals surface area contributed by atoms with Gasteiger partial charge in [0.2, 0.25) is 11.8 Å². The van der Waals surface area contributed by atoms with E-state index in [4.69, 9.17) is 10.5 Å². The van der Waals surface area contributed by atoms with Crippen LogP contribution in [0.25, 0.3) is 10.8 Å². The van der Waals surface area contributed by atoms with Crippen molar-refractivity contribution >= 4 is 22.6 Å². The molecule has 0 saturated heterocycles. The number of rotatable bonds is 7. The van der Waals surface area contributed by atoms with Crippen molar-refractivity contribution in [2.45, 2.75) is 19.5 Å². The van der Waals surface area contributed by atoms with Crippen molar-refractivity contribution in [2.75, 3.05) is 27.7 Å². The first kappa shape index (κ1) is 18.7. The zero-order valence-corrected chi connectivity index (χ0v) is 15.2. The fourth-order valence-corrected chi connectivity index (χ4v) is 2.74. The summed E-state index contributed by atoms with van der Waals surface area (Å²) in [5, 5.41) is 2.18. The van der Waals surface area contributed by atoms with Gasteiger partial charge in [0.15, 0.2) is 0 Å². The third-order valence-corrected chi connectivity index (χ3v) is 4.33. The van der Waals surface area contributed by atoms with Crippen LogP contribution in [0.3, 0.4) is 0 Å². The summed E-state index contributed by atoms with van der Waals surface area (Å²) in [5.74, 6) is 0.312. The number of ether oxygens (including phenoxy) is 1. The van der Waals surface area contributed by atoms with Crippen LogP contribution in [0.15, 0.2) is 36.4 Å². The quantitative estimate of drug-likeness (QED) is 0.829. The average Bonchev–Trinajstić information content (AvgIpc) is 2.59. The summed E-state index contributed by atoms with van der Waals surface area (Å²) in [6, 6.07) is 11.6. The van der Waals surface area contributed by atoms with E-state index >= 15 is 0 Å². The molecule has 6 heteroatoms. The molecule has 25 heavy (non-hydrogen) atoms. The number of likely N-dealkylation sites (N-methyl/N-ethyl adjacent to an activating group) is 2. The van der Waals surface area contributed by atoms with E-state index in [9.17, 15) is 9.59 Å². The molecule has 0 unspecified atom stereocenters. The van der Waals surface area contributed by atoms with Gasteiger partial charge in [0, 0.05) is 13.6 Å². The maximum absolute atomic E-state index is 12.5. The third-order valence-electron chi connectivity index (χ3n) is 4.33. The Balaban J connectivity index is 2.08. The summed E-state index contributed by atoms with van der Waals surface area (Å²) in [5.41, 5.74) is 6.23. The van der Waals surface area contributed by atoms with Crippen LogP contribution in [0.1, 0.15) is 12.5 Å². The minimum atomic E-state index is -0.449. The standard InChI is InChI=1S/C19H25N3O3/c1-13(21(2)12-18(20)23)19(24)22(3)11-14-5-6-16-10-17(25-4)8-7-15(16)9-14/h5-10,13H,11-12H2,1-4H3,(H2,20,23)/t13-/m1/s1. The molecule has 6 nitrogen and oxygen atoms in total. The number of primary amides is 1. The number of hydrogen-bond donors (Lipinski definition) is 1. The molecule has 0 heterocycles. The number of nitrogens with two attached hydrogens (primary N) is 1. The normalized spacial score (nSPS) is 12.2. The van der Waals surface area contributed by atoms with Gasteiger partial charge in [-0.1, -0.05) is 18.2 Å². The van der Waals surface area contributed by atoms with Gasteiger partial charge in [0.25, 0.3) is 0 Å². The molecular formula is C19H25N3O3. The predicted molar refractivity (Wildman–Crippen MR) is 98.3 cm³/mol. The highest BCUT2D eigenvalue weighted by Crippen LogP contribution is 2.22. The molecular weight excluding hydrogens is 318 g/mol. The van der Waals surface area contributed by atoms with E-state index in [0.29, 0.717) is 6.54 Å². The van der Waals surface area contributed by atoms with Gasteiger partial charge in [-0.25, -0.2) is 0 Å². The molecule has 2 amide bonds. The monoisotopic (exact) mass is 343 g/mol. The van der Waals surface area contributed by atoms with E-state index in [0.717, 1.165) is 22.1 Å². The summed E-state index contributed by atoms with van der Waals surface area (Å²) >= 11 is 0. The molecule has 0 radical (unpaired) electrons. The van der Waals surface area contributed by atoms with Gasteiger partial charge in [-0.2, -0.15) is 0 Å². The number of nitrogens with zero attached hydrogens (tertiary/aromatic N) is 2. The molecule has 0 bridgehead atoms. The zero-order valence-electron chi connectivity index (χ0n) is 15.2. The van der Waals surface area contributed by atoms with Crippen molar-refractivity contribution in [1.82, 2.24) is 9.80 Å². The number of benzene rings is 2. The Labute approximate surface area is 148 Å². The Morgan fingerprint density at radius 2 is 1.76 bits per heavy atom. The van der Waals surface area contributed by atoms with Crippen molar-refractivity contribution in [3.8, 4) is 5.75 Å². The molecule has 0 aliphatic rings. The largest absolute Gasteiger partial charge is 0.497 e. The highest BCUT2D eigenvalue weighted by Gasteiger charge is 2.22. The van der Waals surface area contributed by atoms with E-state index in [1.54, 1.807) is 37.9 Å². The Bertz CT molecular complexity index is 776. The van der Waals surface area contributed by atoms with E-state index < -0.39 is 11.9 Å². The first-order valence-electron chi connectivity index (χ1n) is 8.12. The molecule has 2 aromatic rings. The number of methoxy groups -OCH3 is 1. The van der Waals surface area contributed by atoms with Crippen LogP contribution in [0.2, 0.25) is 0 Å². The van der Waals surface area contributed by atoms with Crippen LogP contribution in [0.4, 0.5) is 0 Å². The predicted octanol–water partition coefficient (Wildman–Crippen LogP) is 1.61. The lowest BCUT2D eigenvalue weighted by molar-refractivity contribution is -0.135. The topological polar surface area (TPSA) is 75.9 Å². The minimum Gasteiger partial charge on any atom is -0.497 e. The second kappa shape index (κ2) is 7.98. The van der Waals surface area contributed by atoms with Crippen molar-refractivity contribution in [1.29, 1.82) is 0 Å².